The SMILES string of the molecule is COc1cc2ccccc2cc1-c1cccn1C(=O)OC(C)(C)C. The van der Waals surface area contributed by atoms with Gasteiger partial charge in [0.2, 0.25) is 0 Å². The Balaban J connectivity index is 2.11. The Bertz CT molecular complexity index is 887. The van der Waals surface area contributed by atoms with Crippen LogP contribution in [-0.4, -0.2) is 23.4 Å². The normalized spacial score (nSPS) is 11.5. The Labute approximate surface area is 141 Å². The number of ether oxygens (including phenoxy) is 2. The molecule has 0 N–H and O–H groups in total. The van der Waals surface area contributed by atoms with E-state index in [2.05, 4.69) is 0 Å². The largest absolute Gasteiger partial charge is 0.496 e. The first kappa shape index (κ1) is 16.1. The van der Waals surface area contributed by atoms with Gasteiger partial charge >= 0.3 is 6.09 Å². The Morgan fingerprint density at radius 3 is 2.29 bits per heavy atom. The molecule has 4 heteroatoms. The van der Waals surface area contributed by atoms with Gasteiger partial charge in [-0.2, -0.15) is 0 Å². The standard InChI is InChI=1S/C20H21NO3/c1-20(2,3)24-19(22)21-11-7-10-17(21)16-12-14-8-5-6-9-15(14)13-18(16)23-4/h5-13H,1-4H3. The molecule has 0 unspecified atom stereocenters. The van der Waals surface area contributed by atoms with E-state index < -0.39 is 11.7 Å². The summed E-state index contributed by atoms with van der Waals surface area (Å²) >= 11 is 0. The van der Waals surface area contributed by atoms with E-state index in [9.17, 15) is 4.79 Å². The van der Waals surface area contributed by atoms with Crippen LogP contribution < -0.4 is 4.74 Å². The van der Waals surface area contributed by atoms with Crippen LogP contribution in [0.3, 0.4) is 0 Å². The molecule has 3 aromatic rings. The van der Waals surface area contributed by atoms with Crippen LogP contribution in [-0.2, 0) is 4.74 Å². The van der Waals surface area contributed by atoms with Gasteiger partial charge in [-0.15, -0.1) is 0 Å². The van der Waals surface area contributed by atoms with Crippen molar-refractivity contribution >= 4 is 16.9 Å². The highest BCUT2D eigenvalue weighted by molar-refractivity contribution is 5.91. The predicted octanol–water partition coefficient (Wildman–Crippen LogP) is 5.10. The number of hydrogen-bond acceptors (Lipinski definition) is 3. The van der Waals surface area contributed by atoms with Crippen LogP contribution in [0.2, 0.25) is 0 Å². The number of aromatic nitrogens is 1. The van der Waals surface area contributed by atoms with Crippen molar-refractivity contribution in [2.45, 2.75) is 26.4 Å². The lowest BCUT2D eigenvalue weighted by Gasteiger charge is -2.21. The van der Waals surface area contributed by atoms with Gasteiger partial charge in [0.05, 0.1) is 12.8 Å². The highest BCUT2D eigenvalue weighted by Gasteiger charge is 2.21. The summed E-state index contributed by atoms with van der Waals surface area (Å²) in [5.41, 5.74) is 1.05. The Morgan fingerprint density at radius 2 is 1.67 bits per heavy atom. The van der Waals surface area contributed by atoms with Gasteiger partial charge in [0.25, 0.3) is 0 Å². The second-order valence-corrected chi connectivity index (χ2v) is 6.64. The van der Waals surface area contributed by atoms with Crippen molar-refractivity contribution in [3.8, 4) is 17.0 Å². The van der Waals surface area contributed by atoms with E-state index in [0.717, 1.165) is 27.8 Å². The van der Waals surface area contributed by atoms with E-state index in [1.807, 2.05) is 69.3 Å². The van der Waals surface area contributed by atoms with Crippen molar-refractivity contribution in [3.05, 3.63) is 54.7 Å². The van der Waals surface area contributed by atoms with Crippen LogP contribution in [0.1, 0.15) is 20.8 Å². The highest BCUT2D eigenvalue weighted by atomic mass is 16.6. The second kappa shape index (κ2) is 6.04. The first-order chi connectivity index (χ1) is 11.4. The van der Waals surface area contributed by atoms with E-state index in [1.54, 1.807) is 13.3 Å². The quantitative estimate of drug-likeness (QED) is 0.659. The lowest BCUT2D eigenvalue weighted by Crippen LogP contribution is -2.27. The molecule has 24 heavy (non-hydrogen) atoms. The molecule has 124 valence electrons. The highest BCUT2D eigenvalue weighted by Crippen LogP contribution is 2.34. The van der Waals surface area contributed by atoms with Crippen molar-refractivity contribution < 1.29 is 14.3 Å². The molecule has 0 bridgehead atoms. The van der Waals surface area contributed by atoms with Crippen molar-refractivity contribution in [3.63, 3.8) is 0 Å². The monoisotopic (exact) mass is 323 g/mol. The summed E-state index contributed by atoms with van der Waals surface area (Å²) in [5, 5.41) is 2.18. The molecule has 0 saturated carbocycles. The van der Waals surface area contributed by atoms with Gasteiger partial charge < -0.3 is 9.47 Å². The summed E-state index contributed by atoms with van der Waals surface area (Å²) in [4.78, 5) is 12.5. The summed E-state index contributed by atoms with van der Waals surface area (Å²) in [6.45, 7) is 5.56. The topological polar surface area (TPSA) is 40.5 Å². The van der Waals surface area contributed by atoms with Crippen molar-refractivity contribution in [1.29, 1.82) is 0 Å². The minimum atomic E-state index is -0.550. The molecule has 0 aliphatic rings. The maximum absolute atomic E-state index is 12.5. The average Bonchev–Trinajstić information content (AvgIpc) is 3.01. The van der Waals surface area contributed by atoms with E-state index in [-0.39, 0.29) is 0 Å². The Morgan fingerprint density at radius 1 is 1.00 bits per heavy atom. The van der Waals surface area contributed by atoms with Gasteiger partial charge in [-0.3, -0.25) is 4.57 Å². The molecule has 1 heterocycles. The van der Waals surface area contributed by atoms with Crippen LogP contribution >= 0.6 is 0 Å². The van der Waals surface area contributed by atoms with E-state index in [1.165, 1.54) is 4.57 Å². The number of hydrogen-bond donors (Lipinski definition) is 0. The molecule has 1 aromatic heterocycles. The first-order valence-corrected chi connectivity index (χ1v) is 7.87. The van der Waals surface area contributed by atoms with Crippen LogP contribution in [0, 0.1) is 0 Å². The van der Waals surface area contributed by atoms with Gasteiger partial charge in [0, 0.05) is 11.8 Å². The number of benzene rings is 2. The third-order valence-electron chi connectivity index (χ3n) is 3.68. The fourth-order valence-corrected chi connectivity index (χ4v) is 2.66. The van der Waals surface area contributed by atoms with Crippen molar-refractivity contribution in [2.75, 3.05) is 7.11 Å². The van der Waals surface area contributed by atoms with Gasteiger partial charge in [0.15, 0.2) is 0 Å². The van der Waals surface area contributed by atoms with Crippen molar-refractivity contribution in [1.82, 2.24) is 4.57 Å². The Hall–Kier alpha value is -2.75. The lowest BCUT2D eigenvalue weighted by atomic mass is 10.0. The first-order valence-electron chi connectivity index (χ1n) is 7.87. The molecule has 0 amide bonds. The molecule has 2 aromatic carbocycles. The summed E-state index contributed by atoms with van der Waals surface area (Å²) in [5.74, 6) is 0.720. The smallest absolute Gasteiger partial charge is 0.418 e. The lowest BCUT2D eigenvalue weighted by molar-refractivity contribution is 0.0540. The molecule has 0 atom stereocenters. The second-order valence-electron chi connectivity index (χ2n) is 6.64. The molecule has 0 spiro atoms. The number of carbonyl (C=O) groups is 1. The van der Waals surface area contributed by atoms with Crippen LogP contribution in [0.15, 0.2) is 54.7 Å². The predicted molar refractivity (Wildman–Crippen MR) is 95.6 cm³/mol. The molecule has 3 rings (SSSR count). The minimum Gasteiger partial charge on any atom is -0.496 e. The zero-order valence-electron chi connectivity index (χ0n) is 14.4. The zero-order valence-corrected chi connectivity index (χ0v) is 14.4. The number of carbonyl (C=O) groups excluding carboxylic acids is 1. The van der Waals surface area contributed by atoms with E-state index >= 15 is 0 Å². The van der Waals surface area contributed by atoms with Gasteiger partial charge in [-0.25, -0.2) is 4.79 Å². The molecular weight excluding hydrogens is 302 g/mol. The Kier molecular flexibility index (Phi) is 4.06. The minimum absolute atomic E-state index is 0.405. The molecule has 0 aliphatic heterocycles. The molecule has 0 fully saturated rings. The average molecular weight is 323 g/mol. The molecule has 0 aliphatic carbocycles. The van der Waals surface area contributed by atoms with E-state index in [4.69, 9.17) is 9.47 Å². The van der Waals surface area contributed by atoms with Gasteiger partial charge in [-0.05, 0) is 55.8 Å². The fraction of sp³-hybridized carbons (Fsp3) is 0.250. The van der Waals surface area contributed by atoms with Crippen LogP contribution in [0.5, 0.6) is 5.75 Å². The van der Waals surface area contributed by atoms with E-state index in [0.29, 0.717) is 0 Å². The maximum Gasteiger partial charge on any atom is 0.418 e. The number of fused-ring (bicyclic) bond motifs is 1. The summed E-state index contributed by atoms with van der Waals surface area (Å²) in [6.07, 6.45) is 1.30. The summed E-state index contributed by atoms with van der Waals surface area (Å²) in [6, 6.07) is 15.8. The third-order valence-corrected chi connectivity index (χ3v) is 3.68. The summed E-state index contributed by atoms with van der Waals surface area (Å²) in [7, 11) is 1.63. The third kappa shape index (κ3) is 3.13. The van der Waals surface area contributed by atoms with Gasteiger partial charge in [-0.1, -0.05) is 24.3 Å². The van der Waals surface area contributed by atoms with Crippen LogP contribution in [0.4, 0.5) is 4.79 Å². The molecule has 0 saturated heterocycles. The molecular formula is C20H21NO3. The number of nitrogens with zero attached hydrogens (tertiary/aromatic N) is 1. The van der Waals surface area contributed by atoms with Crippen molar-refractivity contribution in [2.24, 2.45) is 0 Å². The van der Waals surface area contributed by atoms with Gasteiger partial charge in [0.1, 0.15) is 11.4 Å². The zero-order chi connectivity index (χ0) is 17.3. The number of rotatable bonds is 2. The molecule has 0 radical (unpaired) electrons. The fourth-order valence-electron chi connectivity index (χ4n) is 2.66. The summed E-state index contributed by atoms with van der Waals surface area (Å²) < 4.78 is 12.5. The maximum atomic E-state index is 12.5. The number of methoxy groups -OCH3 is 1. The molecule has 4 nitrogen and oxygen atoms in total. The van der Waals surface area contributed by atoms with Crippen LogP contribution in [0.25, 0.3) is 22.0 Å².